The third kappa shape index (κ3) is 1.50. The zero-order chi connectivity index (χ0) is 16.0. The van der Waals surface area contributed by atoms with Gasteiger partial charge in [-0.25, -0.2) is 0 Å². The minimum Gasteiger partial charge on any atom is -0.411 e. The molecule has 0 heterocycles. The third-order valence-corrected chi connectivity index (χ3v) is 8.88. The molecule has 22 heavy (non-hydrogen) atoms. The number of nitrogens with zero attached hydrogens (tertiary/aromatic N) is 1. The molecule has 4 aliphatic rings. The molecule has 0 aromatic carbocycles. The largest absolute Gasteiger partial charge is 0.411 e. The van der Waals surface area contributed by atoms with E-state index in [4.69, 9.17) is 0 Å². The van der Waals surface area contributed by atoms with Crippen molar-refractivity contribution in [3.8, 4) is 0 Å². The Kier molecular flexibility index (Phi) is 2.81. The molecule has 4 rings (SSSR count). The highest BCUT2D eigenvalue weighted by Gasteiger charge is 2.60. The van der Waals surface area contributed by atoms with E-state index in [0.29, 0.717) is 28.6 Å². The molecule has 0 aliphatic heterocycles. The van der Waals surface area contributed by atoms with Crippen LogP contribution in [-0.4, -0.2) is 10.9 Å². The van der Waals surface area contributed by atoms with Crippen LogP contribution in [0.25, 0.3) is 0 Å². The van der Waals surface area contributed by atoms with E-state index in [2.05, 4.69) is 46.7 Å². The molecule has 0 radical (unpaired) electrons. The molecular formula is C20H31NO. The minimum atomic E-state index is 0.349. The van der Waals surface area contributed by atoms with E-state index >= 15 is 0 Å². The Labute approximate surface area is 135 Å². The van der Waals surface area contributed by atoms with Crippen molar-refractivity contribution in [2.24, 2.45) is 51.5 Å². The van der Waals surface area contributed by atoms with Crippen LogP contribution in [0, 0.1) is 46.3 Å². The SMILES string of the molecule is C[C@@H]1[C@H]2C[C@H](CC2=C2/C(=N\O)[C@@H]3C[C@H]2C(C)(C)[C@@H]3C)C1(C)C. The van der Waals surface area contributed by atoms with Gasteiger partial charge in [-0.1, -0.05) is 52.3 Å². The van der Waals surface area contributed by atoms with Crippen molar-refractivity contribution >= 4 is 5.71 Å². The Balaban J connectivity index is 1.81. The Bertz CT molecular complexity index is 579. The van der Waals surface area contributed by atoms with Crippen LogP contribution >= 0.6 is 0 Å². The predicted molar refractivity (Wildman–Crippen MR) is 89.9 cm³/mol. The molecule has 1 N–H and O–H groups in total. The average molecular weight is 301 g/mol. The second kappa shape index (κ2) is 4.19. The molecule has 0 aromatic rings. The van der Waals surface area contributed by atoms with Crippen molar-refractivity contribution in [3.63, 3.8) is 0 Å². The van der Waals surface area contributed by atoms with Gasteiger partial charge >= 0.3 is 0 Å². The summed E-state index contributed by atoms with van der Waals surface area (Å²) in [7, 11) is 0. The zero-order valence-electron chi connectivity index (χ0n) is 15.0. The van der Waals surface area contributed by atoms with Crippen LogP contribution in [0.2, 0.25) is 0 Å². The summed E-state index contributed by atoms with van der Waals surface area (Å²) in [5.74, 6) is 4.04. The lowest BCUT2D eigenvalue weighted by atomic mass is 9.62. The van der Waals surface area contributed by atoms with Gasteiger partial charge in [-0.2, -0.15) is 0 Å². The van der Waals surface area contributed by atoms with Gasteiger partial charge in [-0.15, -0.1) is 0 Å². The summed E-state index contributed by atoms with van der Waals surface area (Å²) in [5, 5.41) is 13.5. The lowest BCUT2D eigenvalue weighted by Gasteiger charge is -2.42. The van der Waals surface area contributed by atoms with E-state index in [1.54, 1.807) is 5.57 Å². The third-order valence-electron chi connectivity index (χ3n) is 8.88. The van der Waals surface area contributed by atoms with Crippen molar-refractivity contribution in [2.75, 3.05) is 0 Å². The lowest BCUT2D eigenvalue weighted by Crippen LogP contribution is -2.37. The summed E-state index contributed by atoms with van der Waals surface area (Å²) < 4.78 is 0. The van der Waals surface area contributed by atoms with Gasteiger partial charge in [-0.3, -0.25) is 0 Å². The summed E-state index contributed by atoms with van der Waals surface area (Å²) in [6, 6.07) is 0. The molecular weight excluding hydrogens is 270 g/mol. The van der Waals surface area contributed by atoms with E-state index in [1.165, 1.54) is 24.8 Å². The molecule has 4 fully saturated rings. The van der Waals surface area contributed by atoms with Crippen molar-refractivity contribution in [1.82, 2.24) is 0 Å². The fourth-order valence-corrected chi connectivity index (χ4v) is 6.55. The van der Waals surface area contributed by atoms with Crippen molar-refractivity contribution in [1.29, 1.82) is 0 Å². The Morgan fingerprint density at radius 3 is 2.14 bits per heavy atom. The van der Waals surface area contributed by atoms with Crippen LogP contribution in [0.1, 0.15) is 60.8 Å². The summed E-state index contributed by atoms with van der Waals surface area (Å²) in [6.45, 7) is 14.6. The first-order valence-corrected chi connectivity index (χ1v) is 9.16. The normalized spacial score (nSPS) is 52.9. The van der Waals surface area contributed by atoms with Crippen LogP contribution in [0.5, 0.6) is 0 Å². The highest BCUT2D eigenvalue weighted by atomic mass is 16.4. The summed E-state index contributed by atoms with van der Waals surface area (Å²) in [5.41, 5.74) is 5.06. The van der Waals surface area contributed by atoms with E-state index < -0.39 is 0 Å². The summed E-state index contributed by atoms with van der Waals surface area (Å²) in [6.07, 6.45) is 3.82. The maximum atomic E-state index is 9.70. The Hall–Kier alpha value is -0.790. The van der Waals surface area contributed by atoms with Gasteiger partial charge in [0, 0.05) is 5.92 Å². The van der Waals surface area contributed by atoms with E-state index in [-0.39, 0.29) is 0 Å². The molecule has 0 amide bonds. The molecule has 0 unspecified atom stereocenters. The Morgan fingerprint density at radius 1 is 0.955 bits per heavy atom. The molecule has 4 bridgehead atoms. The summed E-state index contributed by atoms with van der Waals surface area (Å²) in [4.78, 5) is 0. The van der Waals surface area contributed by atoms with Crippen LogP contribution in [0.3, 0.4) is 0 Å². The second-order valence-corrected chi connectivity index (χ2v) is 9.78. The second-order valence-electron chi connectivity index (χ2n) is 9.78. The first-order valence-electron chi connectivity index (χ1n) is 9.16. The number of hydrogen-bond acceptors (Lipinski definition) is 2. The van der Waals surface area contributed by atoms with Gasteiger partial charge in [0.25, 0.3) is 0 Å². The average Bonchev–Trinajstić information content (AvgIpc) is 3.14. The first kappa shape index (κ1) is 14.8. The Morgan fingerprint density at radius 2 is 1.59 bits per heavy atom. The molecule has 0 saturated heterocycles. The topological polar surface area (TPSA) is 32.6 Å². The fourth-order valence-electron chi connectivity index (χ4n) is 6.55. The highest BCUT2D eigenvalue weighted by Crippen LogP contribution is 2.66. The van der Waals surface area contributed by atoms with Crippen molar-refractivity contribution in [2.45, 2.75) is 60.8 Å². The first-order chi connectivity index (χ1) is 10.2. The minimum absolute atomic E-state index is 0.349. The fraction of sp³-hybridized carbons (Fsp3) is 0.850. The zero-order valence-corrected chi connectivity index (χ0v) is 15.0. The van der Waals surface area contributed by atoms with E-state index in [1.807, 2.05) is 0 Å². The number of rotatable bonds is 0. The van der Waals surface area contributed by atoms with Gasteiger partial charge in [0.2, 0.25) is 0 Å². The van der Waals surface area contributed by atoms with Crippen LogP contribution in [0.15, 0.2) is 16.3 Å². The van der Waals surface area contributed by atoms with Crippen molar-refractivity contribution in [3.05, 3.63) is 11.1 Å². The number of allylic oxidation sites excluding steroid dienone is 2. The molecule has 122 valence electrons. The molecule has 4 aliphatic carbocycles. The standard InChI is InChI=1S/C20H31NO/c1-10-13-7-12(19(10,3)4)8-15(13)17-16-9-14(18(17)21-22)11(2)20(16,5)6/h10-14,16,22H,7-9H2,1-6H3/b17-15?,21-18-/t10-,11-,12-,13-,14-,16-/m1/s1. The molecule has 4 saturated carbocycles. The predicted octanol–water partition coefficient (Wildman–Crippen LogP) is 5.13. The van der Waals surface area contributed by atoms with Crippen molar-refractivity contribution < 1.29 is 5.21 Å². The molecule has 0 aromatic heterocycles. The van der Waals surface area contributed by atoms with Gasteiger partial charge < -0.3 is 5.21 Å². The van der Waals surface area contributed by atoms with Gasteiger partial charge in [0.15, 0.2) is 0 Å². The quantitative estimate of drug-likeness (QED) is 0.488. The smallest absolute Gasteiger partial charge is 0.0864 e. The van der Waals surface area contributed by atoms with Gasteiger partial charge in [0.05, 0.1) is 5.71 Å². The number of oxime groups is 1. The van der Waals surface area contributed by atoms with Crippen LogP contribution in [-0.2, 0) is 0 Å². The van der Waals surface area contributed by atoms with Crippen LogP contribution in [0.4, 0.5) is 0 Å². The molecule has 2 nitrogen and oxygen atoms in total. The van der Waals surface area contributed by atoms with E-state index in [0.717, 1.165) is 23.5 Å². The number of fused-ring (bicyclic) bond motifs is 4. The molecule has 2 heteroatoms. The van der Waals surface area contributed by atoms with Gasteiger partial charge in [-0.05, 0) is 65.3 Å². The van der Waals surface area contributed by atoms with Crippen LogP contribution < -0.4 is 0 Å². The maximum absolute atomic E-state index is 9.70. The number of hydrogen-bond donors (Lipinski definition) is 1. The summed E-state index contributed by atoms with van der Waals surface area (Å²) >= 11 is 0. The molecule has 6 atom stereocenters. The maximum Gasteiger partial charge on any atom is 0.0864 e. The lowest BCUT2D eigenvalue weighted by molar-refractivity contribution is 0.160. The molecule has 0 spiro atoms. The van der Waals surface area contributed by atoms with E-state index in [9.17, 15) is 5.21 Å². The van der Waals surface area contributed by atoms with Gasteiger partial charge in [0.1, 0.15) is 0 Å². The monoisotopic (exact) mass is 301 g/mol. The highest BCUT2D eigenvalue weighted by molar-refractivity contribution is 6.06.